The van der Waals surface area contributed by atoms with Crippen LogP contribution in [0.3, 0.4) is 0 Å². The number of para-hydroxylation sites is 1. The summed E-state index contributed by atoms with van der Waals surface area (Å²) in [5.74, 6) is 0.952. The number of likely N-dealkylation sites (tertiary alicyclic amines) is 1. The minimum absolute atomic E-state index is 0.238. The summed E-state index contributed by atoms with van der Waals surface area (Å²) in [7, 11) is 0. The minimum Gasteiger partial charge on any atom is -0.375 e. The van der Waals surface area contributed by atoms with Gasteiger partial charge in [0.2, 0.25) is 0 Å². The highest BCUT2D eigenvalue weighted by Gasteiger charge is 2.27. The fraction of sp³-hybridized carbons (Fsp3) is 0.381. The van der Waals surface area contributed by atoms with Gasteiger partial charge in [-0.05, 0) is 57.5 Å². The molecule has 1 aliphatic rings. The molecule has 0 unspecified atom stereocenters. The average Bonchev–Trinajstić information content (AvgIpc) is 3.29. The summed E-state index contributed by atoms with van der Waals surface area (Å²) >= 11 is 0. The van der Waals surface area contributed by atoms with Crippen LogP contribution in [0.4, 0.5) is 5.69 Å². The van der Waals surface area contributed by atoms with Gasteiger partial charge in [-0.25, -0.2) is 4.98 Å². The van der Waals surface area contributed by atoms with Crippen LogP contribution in [0, 0.1) is 6.92 Å². The summed E-state index contributed by atoms with van der Waals surface area (Å²) in [6, 6.07) is 17.8. The number of nitrogens with one attached hydrogen (secondary N) is 2. The molecule has 2 N–H and O–H groups in total. The topological polar surface area (TPSA) is 44.0 Å². The number of aryl methyl sites for hydroxylation is 1. The molecule has 0 bridgehead atoms. The van der Waals surface area contributed by atoms with Gasteiger partial charge in [-0.2, -0.15) is 0 Å². The van der Waals surface area contributed by atoms with Crippen LogP contribution in [-0.2, 0) is 0 Å². The van der Waals surface area contributed by atoms with Gasteiger partial charge in [0.05, 0.1) is 17.2 Å². The Labute approximate surface area is 149 Å². The third-order valence-corrected chi connectivity index (χ3v) is 5.30. The van der Waals surface area contributed by atoms with Crippen molar-refractivity contribution in [1.82, 2.24) is 14.9 Å². The molecule has 4 heteroatoms. The SMILES string of the molecule is Cc1nc2c(N[C@@H](c3ccccc3)[C@H](C)N3CCCC3)cccc2[nH]1. The van der Waals surface area contributed by atoms with Crippen molar-refractivity contribution >= 4 is 16.7 Å². The van der Waals surface area contributed by atoms with Crippen molar-refractivity contribution < 1.29 is 0 Å². The molecule has 4 rings (SSSR count). The fourth-order valence-electron chi connectivity index (χ4n) is 3.94. The molecule has 4 nitrogen and oxygen atoms in total. The van der Waals surface area contributed by atoms with Gasteiger partial charge in [-0.1, -0.05) is 36.4 Å². The van der Waals surface area contributed by atoms with E-state index >= 15 is 0 Å². The van der Waals surface area contributed by atoms with Crippen LogP contribution in [-0.4, -0.2) is 34.0 Å². The standard InChI is InChI=1S/C21H26N4/c1-15(25-13-6-7-14-25)20(17-9-4-3-5-10-17)24-19-12-8-11-18-21(19)23-16(2)22-18/h3-5,8-12,15,20,24H,6-7,13-14H2,1-2H3,(H,22,23)/t15-,20+/m0/s1. The van der Waals surface area contributed by atoms with E-state index in [1.165, 1.54) is 31.5 Å². The van der Waals surface area contributed by atoms with E-state index in [0.717, 1.165) is 22.5 Å². The largest absolute Gasteiger partial charge is 0.375 e. The van der Waals surface area contributed by atoms with Gasteiger partial charge in [0.1, 0.15) is 11.3 Å². The highest BCUT2D eigenvalue weighted by Crippen LogP contribution is 2.30. The van der Waals surface area contributed by atoms with Crippen molar-refractivity contribution in [1.29, 1.82) is 0 Å². The van der Waals surface area contributed by atoms with Gasteiger partial charge in [0, 0.05) is 6.04 Å². The number of fused-ring (bicyclic) bond motifs is 1. The highest BCUT2D eigenvalue weighted by molar-refractivity contribution is 5.88. The number of hydrogen-bond donors (Lipinski definition) is 2. The maximum atomic E-state index is 4.69. The maximum Gasteiger partial charge on any atom is 0.112 e. The lowest BCUT2D eigenvalue weighted by Crippen LogP contribution is -2.38. The van der Waals surface area contributed by atoms with Crippen LogP contribution in [0.15, 0.2) is 48.5 Å². The van der Waals surface area contributed by atoms with E-state index < -0.39 is 0 Å². The second-order valence-electron chi connectivity index (χ2n) is 7.04. The molecule has 1 fully saturated rings. The first-order chi connectivity index (χ1) is 12.2. The minimum atomic E-state index is 0.238. The summed E-state index contributed by atoms with van der Waals surface area (Å²) in [6.45, 7) is 6.73. The van der Waals surface area contributed by atoms with Gasteiger partial charge in [0.15, 0.2) is 0 Å². The Hall–Kier alpha value is -2.33. The number of imidazole rings is 1. The lowest BCUT2D eigenvalue weighted by Gasteiger charge is -2.33. The van der Waals surface area contributed by atoms with E-state index in [1.54, 1.807) is 0 Å². The lowest BCUT2D eigenvalue weighted by molar-refractivity contribution is 0.235. The molecular formula is C21H26N4. The first-order valence-electron chi connectivity index (χ1n) is 9.23. The molecule has 1 aromatic heterocycles. The zero-order chi connectivity index (χ0) is 17.2. The van der Waals surface area contributed by atoms with Crippen molar-refractivity contribution in [3.05, 3.63) is 59.9 Å². The number of nitrogens with zero attached hydrogens (tertiary/aromatic N) is 2. The smallest absolute Gasteiger partial charge is 0.112 e. The molecule has 2 atom stereocenters. The van der Waals surface area contributed by atoms with Gasteiger partial charge in [-0.3, -0.25) is 4.90 Å². The van der Waals surface area contributed by atoms with E-state index in [-0.39, 0.29) is 6.04 Å². The molecule has 0 aliphatic carbocycles. The van der Waals surface area contributed by atoms with Crippen LogP contribution in [0.5, 0.6) is 0 Å². The number of aromatic nitrogens is 2. The van der Waals surface area contributed by atoms with Crippen molar-refractivity contribution in [3.63, 3.8) is 0 Å². The van der Waals surface area contributed by atoms with Gasteiger partial charge in [-0.15, -0.1) is 0 Å². The molecule has 1 saturated heterocycles. The van der Waals surface area contributed by atoms with E-state index in [2.05, 4.69) is 75.6 Å². The van der Waals surface area contributed by atoms with E-state index in [4.69, 9.17) is 0 Å². The second kappa shape index (κ2) is 6.89. The number of H-pyrrole nitrogens is 1. The van der Waals surface area contributed by atoms with Gasteiger partial charge < -0.3 is 10.3 Å². The summed E-state index contributed by atoms with van der Waals surface area (Å²) in [5, 5.41) is 3.80. The lowest BCUT2D eigenvalue weighted by atomic mass is 9.98. The summed E-state index contributed by atoms with van der Waals surface area (Å²) in [4.78, 5) is 10.6. The van der Waals surface area contributed by atoms with Crippen LogP contribution >= 0.6 is 0 Å². The molecule has 0 spiro atoms. The molecule has 1 aliphatic heterocycles. The second-order valence-corrected chi connectivity index (χ2v) is 7.04. The quantitative estimate of drug-likeness (QED) is 0.721. The first kappa shape index (κ1) is 16.2. The van der Waals surface area contributed by atoms with E-state index in [1.807, 2.05) is 6.92 Å². The Morgan fingerprint density at radius 3 is 2.56 bits per heavy atom. The van der Waals surface area contributed by atoms with E-state index in [0.29, 0.717) is 6.04 Å². The van der Waals surface area contributed by atoms with Crippen molar-refractivity contribution in [3.8, 4) is 0 Å². The fourth-order valence-corrected chi connectivity index (χ4v) is 3.94. The number of benzene rings is 2. The Kier molecular flexibility index (Phi) is 4.45. The van der Waals surface area contributed by atoms with Crippen LogP contribution in [0.1, 0.15) is 37.2 Å². The van der Waals surface area contributed by atoms with Crippen molar-refractivity contribution in [2.75, 3.05) is 18.4 Å². The number of aromatic amines is 1. The Bertz CT molecular complexity index is 833. The summed E-state index contributed by atoms with van der Waals surface area (Å²) < 4.78 is 0. The van der Waals surface area contributed by atoms with Crippen LogP contribution in [0.25, 0.3) is 11.0 Å². The molecule has 2 aromatic carbocycles. The Balaban J connectivity index is 1.70. The normalized spacial score (nSPS) is 17.7. The molecule has 25 heavy (non-hydrogen) atoms. The maximum absolute atomic E-state index is 4.69. The molecule has 0 saturated carbocycles. The Morgan fingerprint density at radius 2 is 1.80 bits per heavy atom. The predicted octanol–water partition coefficient (Wildman–Crippen LogP) is 4.51. The van der Waals surface area contributed by atoms with E-state index in [9.17, 15) is 0 Å². The molecule has 2 heterocycles. The monoisotopic (exact) mass is 334 g/mol. The molecule has 3 aromatic rings. The molecular weight excluding hydrogens is 308 g/mol. The zero-order valence-electron chi connectivity index (χ0n) is 15.0. The zero-order valence-corrected chi connectivity index (χ0v) is 15.0. The predicted molar refractivity (Wildman–Crippen MR) is 104 cm³/mol. The third kappa shape index (κ3) is 3.27. The Morgan fingerprint density at radius 1 is 1.04 bits per heavy atom. The molecule has 0 amide bonds. The third-order valence-electron chi connectivity index (χ3n) is 5.30. The average molecular weight is 334 g/mol. The van der Waals surface area contributed by atoms with Crippen LogP contribution in [0.2, 0.25) is 0 Å². The van der Waals surface area contributed by atoms with Crippen molar-refractivity contribution in [2.45, 2.75) is 38.8 Å². The number of anilines is 1. The number of hydrogen-bond acceptors (Lipinski definition) is 3. The summed E-state index contributed by atoms with van der Waals surface area (Å²) in [5.41, 5.74) is 4.53. The molecule has 0 radical (unpaired) electrons. The van der Waals surface area contributed by atoms with Crippen molar-refractivity contribution in [2.24, 2.45) is 0 Å². The molecule has 130 valence electrons. The first-order valence-corrected chi connectivity index (χ1v) is 9.23. The van der Waals surface area contributed by atoms with Gasteiger partial charge in [0.25, 0.3) is 0 Å². The summed E-state index contributed by atoms with van der Waals surface area (Å²) in [6.07, 6.45) is 2.61. The highest BCUT2D eigenvalue weighted by atomic mass is 15.2. The van der Waals surface area contributed by atoms with Gasteiger partial charge >= 0.3 is 0 Å². The number of rotatable bonds is 5. The van der Waals surface area contributed by atoms with Crippen LogP contribution < -0.4 is 5.32 Å².